The number of likely N-dealkylation sites (N-methyl/N-ethyl adjacent to an activating group) is 1. The van der Waals surface area contributed by atoms with Crippen LogP contribution in [0, 0.1) is 11.8 Å². The van der Waals surface area contributed by atoms with Gasteiger partial charge >= 0.3 is 5.97 Å². The number of hydrogen-bond acceptors (Lipinski definition) is 6. The van der Waals surface area contributed by atoms with Crippen molar-refractivity contribution >= 4 is 23.5 Å². The van der Waals surface area contributed by atoms with Gasteiger partial charge in [0.05, 0.1) is 24.6 Å². The van der Waals surface area contributed by atoms with Crippen LogP contribution >= 0.6 is 0 Å². The maximum Gasteiger partial charge on any atom is 0.335 e. The fourth-order valence-corrected chi connectivity index (χ4v) is 4.75. The van der Waals surface area contributed by atoms with Gasteiger partial charge in [0.25, 0.3) is 0 Å². The number of fused-ring (bicyclic) bond motifs is 1. The van der Waals surface area contributed by atoms with E-state index in [0.29, 0.717) is 36.6 Å². The van der Waals surface area contributed by atoms with Gasteiger partial charge in [-0.05, 0) is 62.7 Å². The van der Waals surface area contributed by atoms with Crippen LogP contribution in [0.1, 0.15) is 48.2 Å². The Morgan fingerprint density at radius 1 is 1.18 bits per heavy atom. The van der Waals surface area contributed by atoms with E-state index in [1.54, 1.807) is 17.0 Å². The quantitative estimate of drug-likeness (QED) is 0.462. The third kappa shape index (κ3) is 6.90. The third-order valence-corrected chi connectivity index (χ3v) is 7.28. The van der Waals surface area contributed by atoms with E-state index in [9.17, 15) is 19.5 Å². The van der Waals surface area contributed by atoms with E-state index in [4.69, 9.17) is 9.84 Å². The second kappa shape index (κ2) is 12.0. The lowest BCUT2D eigenvalue weighted by molar-refractivity contribution is -0.134. The van der Waals surface area contributed by atoms with E-state index in [1.807, 2.05) is 51.2 Å². The third-order valence-electron chi connectivity index (χ3n) is 7.28. The highest BCUT2D eigenvalue weighted by atomic mass is 16.5. The first-order valence-corrected chi connectivity index (χ1v) is 13.2. The van der Waals surface area contributed by atoms with Gasteiger partial charge in [0.1, 0.15) is 11.9 Å². The Morgan fingerprint density at radius 2 is 1.89 bits per heavy atom. The van der Waals surface area contributed by atoms with Crippen LogP contribution in [0.2, 0.25) is 0 Å². The molecule has 0 radical (unpaired) electrons. The molecule has 0 saturated heterocycles. The highest BCUT2D eigenvalue weighted by Gasteiger charge is 2.32. The van der Waals surface area contributed by atoms with Crippen LogP contribution < -0.4 is 10.1 Å². The number of nitrogens with one attached hydrogen (secondary N) is 1. The van der Waals surface area contributed by atoms with Gasteiger partial charge in [0.15, 0.2) is 0 Å². The number of aliphatic hydroxyl groups excluding tert-OH is 1. The number of carboxylic acid groups (broad SMARTS) is 1. The Kier molecular flexibility index (Phi) is 8.69. The number of aromatic carboxylic acids is 1. The predicted molar refractivity (Wildman–Crippen MR) is 143 cm³/mol. The Labute approximate surface area is 223 Å². The van der Waals surface area contributed by atoms with E-state index < -0.39 is 5.97 Å². The maximum atomic E-state index is 13.3. The van der Waals surface area contributed by atoms with Crippen molar-refractivity contribution in [2.45, 2.75) is 51.8 Å². The van der Waals surface area contributed by atoms with Crippen LogP contribution in [0.5, 0.6) is 5.75 Å². The van der Waals surface area contributed by atoms with E-state index in [0.717, 1.165) is 18.4 Å². The molecular weight excluding hydrogens is 486 g/mol. The highest BCUT2D eigenvalue weighted by molar-refractivity contribution is 5.94. The molecule has 38 heavy (non-hydrogen) atoms. The van der Waals surface area contributed by atoms with Crippen LogP contribution in [0.4, 0.5) is 5.69 Å². The number of carboxylic acids is 1. The average molecular weight is 524 g/mol. The molecule has 0 bridgehead atoms. The van der Waals surface area contributed by atoms with Gasteiger partial charge in [-0.2, -0.15) is 0 Å². The van der Waals surface area contributed by atoms with Gasteiger partial charge in [0.2, 0.25) is 11.8 Å². The van der Waals surface area contributed by atoms with Crippen LogP contribution in [0.3, 0.4) is 0 Å². The maximum absolute atomic E-state index is 13.3. The smallest absolute Gasteiger partial charge is 0.335 e. The molecule has 2 aromatic carbocycles. The van der Waals surface area contributed by atoms with Crippen LogP contribution in [0.15, 0.2) is 42.5 Å². The van der Waals surface area contributed by atoms with Gasteiger partial charge in [-0.25, -0.2) is 4.79 Å². The zero-order valence-electron chi connectivity index (χ0n) is 22.2. The van der Waals surface area contributed by atoms with Crippen molar-refractivity contribution in [1.82, 2.24) is 9.80 Å². The zero-order chi connectivity index (χ0) is 27.4. The number of aliphatic hydroxyl groups is 1. The Morgan fingerprint density at radius 3 is 2.53 bits per heavy atom. The summed E-state index contributed by atoms with van der Waals surface area (Å²) in [5.41, 5.74) is 2.57. The lowest BCUT2D eigenvalue weighted by Gasteiger charge is -2.34. The van der Waals surface area contributed by atoms with E-state index in [-0.39, 0.29) is 54.4 Å². The largest absolute Gasteiger partial charge is 0.488 e. The molecular formula is C29H37N3O6. The molecule has 1 saturated carbocycles. The molecule has 1 aliphatic heterocycles. The molecule has 0 unspecified atom stereocenters. The minimum Gasteiger partial charge on any atom is -0.488 e. The number of nitrogens with zero attached hydrogens (tertiary/aromatic N) is 2. The summed E-state index contributed by atoms with van der Waals surface area (Å²) in [6.07, 6.45) is 1.66. The number of carbonyl (C=O) groups excluding carboxylic acids is 2. The number of hydrogen-bond donors (Lipinski definition) is 3. The highest BCUT2D eigenvalue weighted by Crippen LogP contribution is 2.32. The van der Waals surface area contributed by atoms with E-state index in [2.05, 4.69) is 10.2 Å². The van der Waals surface area contributed by atoms with Gasteiger partial charge < -0.3 is 25.2 Å². The van der Waals surface area contributed by atoms with Crippen LogP contribution in [-0.4, -0.2) is 76.7 Å². The minimum atomic E-state index is -0.956. The van der Waals surface area contributed by atoms with Crippen molar-refractivity contribution in [2.75, 3.05) is 32.1 Å². The molecule has 4 rings (SSSR count). The lowest BCUT2D eigenvalue weighted by atomic mass is 10.0. The number of rotatable bonds is 9. The average Bonchev–Trinajstić information content (AvgIpc) is 3.73. The molecule has 3 N–H and O–H groups in total. The fraction of sp³-hybridized carbons (Fsp3) is 0.483. The number of anilines is 1. The Balaban J connectivity index is 1.56. The summed E-state index contributed by atoms with van der Waals surface area (Å²) in [5.74, 6) is -0.410. The topological polar surface area (TPSA) is 119 Å². The SMILES string of the molecule is C[C@@H]1CN([C@@H](C)CO)C(=O)Cc2cc(NC(=O)C3CC3)ccc2O[C@@H]1CN(C)Cc1ccc(C(=O)O)cc1. The lowest BCUT2D eigenvalue weighted by Crippen LogP contribution is -2.47. The second-order valence-electron chi connectivity index (χ2n) is 10.7. The summed E-state index contributed by atoms with van der Waals surface area (Å²) < 4.78 is 6.54. The summed E-state index contributed by atoms with van der Waals surface area (Å²) in [6, 6.07) is 11.9. The molecule has 9 nitrogen and oxygen atoms in total. The number of benzene rings is 2. The van der Waals surface area contributed by atoms with Crippen molar-refractivity contribution in [3.05, 3.63) is 59.2 Å². The molecule has 1 heterocycles. The van der Waals surface area contributed by atoms with Gasteiger partial charge in [0, 0.05) is 42.7 Å². The fourth-order valence-electron chi connectivity index (χ4n) is 4.75. The van der Waals surface area contributed by atoms with Crippen LogP contribution in [0.25, 0.3) is 0 Å². The summed E-state index contributed by atoms with van der Waals surface area (Å²) >= 11 is 0. The first-order valence-electron chi connectivity index (χ1n) is 13.2. The number of amides is 2. The normalized spacial score (nSPS) is 20.6. The van der Waals surface area contributed by atoms with Crippen molar-refractivity contribution in [1.29, 1.82) is 0 Å². The molecule has 2 aromatic rings. The van der Waals surface area contributed by atoms with Crippen LogP contribution in [-0.2, 0) is 22.6 Å². The molecule has 9 heteroatoms. The molecule has 2 amide bonds. The number of carbonyl (C=O) groups is 3. The van der Waals surface area contributed by atoms with Crippen molar-refractivity contribution < 1.29 is 29.3 Å². The molecule has 0 spiro atoms. The predicted octanol–water partition coefficient (Wildman–Crippen LogP) is 3.01. The monoisotopic (exact) mass is 523 g/mol. The second-order valence-corrected chi connectivity index (χ2v) is 10.7. The van der Waals surface area contributed by atoms with Crippen molar-refractivity contribution in [3.63, 3.8) is 0 Å². The van der Waals surface area contributed by atoms with Crippen molar-refractivity contribution in [2.24, 2.45) is 11.8 Å². The van der Waals surface area contributed by atoms with E-state index in [1.165, 1.54) is 0 Å². The minimum absolute atomic E-state index is 0.000279. The molecule has 3 atom stereocenters. The first kappa shape index (κ1) is 27.6. The zero-order valence-corrected chi connectivity index (χ0v) is 22.2. The van der Waals surface area contributed by atoms with Crippen molar-refractivity contribution in [3.8, 4) is 5.75 Å². The summed E-state index contributed by atoms with van der Waals surface area (Å²) in [6.45, 7) is 5.34. The molecule has 1 fully saturated rings. The van der Waals surface area contributed by atoms with E-state index >= 15 is 0 Å². The molecule has 204 valence electrons. The summed E-state index contributed by atoms with van der Waals surface area (Å²) in [4.78, 5) is 40.6. The summed E-state index contributed by atoms with van der Waals surface area (Å²) in [7, 11) is 1.98. The number of ether oxygens (including phenoxy) is 1. The van der Waals surface area contributed by atoms with Gasteiger partial charge in [-0.15, -0.1) is 0 Å². The molecule has 0 aromatic heterocycles. The first-order chi connectivity index (χ1) is 18.1. The molecule has 1 aliphatic carbocycles. The Hall–Kier alpha value is -3.43. The summed E-state index contributed by atoms with van der Waals surface area (Å²) in [5, 5.41) is 21.9. The standard InChI is InChI=1S/C29H37N3O6/c1-18-14-32(19(2)17-33)27(34)13-23-12-24(30-28(35)21-8-9-21)10-11-25(23)38-26(18)16-31(3)15-20-4-6-22(7-5-20)29(36)37/h4-7,10-12,18-19,21,26,33H,8-9,13-17H2,1-3H3,(H,30,35)(H,36,37)/t18-,19+,26-/m1/s1. The van der Waals surface area contributed by atoms with Gasteiger partial charge in [-0.3, -0.25) is 14.5 Å². The Bertz CT molecular complexity index is 1160. The van der Waals surface area contributed by atoms with Gasteiger partial charge in [-0.1, -0.05) is 19.1 Å². The molecule has 2 aliphatic rings.